The van der Waals surface area contributed by atoms with Gasteiger partial charge >= 0.3 is 0 Å². The van der Waals surface area contributed by atoms with E-state index >= 15 is 0 Å². The van der Waals surface area contributed by atoms with Gasteiger partial charge in [0.25, 0.3) is 5.91 Å². The summed E-state index contributed by atoms with van der Waals surface area (Å²) in [6, 6.07) is 19.9. The molecule has 0 radical (unpaired) electrons. The summed E-state index contributed by atoms with van der Waals surface area (Å²) in [5, 5.41) is 6.09. The molecule has 0 spiro atoms. The minimum atomic E-state index is -0.262. The van der Waals surface area contributed by atoms with Crippen LogP contribution in [0.15, 0.2) is 72.1 Å². The highest BCUT2D eigenvalue weighted by atomic mass is 32.1. The van der Waals surface area contributed by atoms with Crippen LogP contribution < -0.4 is 5.32 Å². The Labute approximate surface area is 202 Å². The molecule has 1 aliphatic heterocycles. The predicted octanol–water partition coefficient (Wildman–Crippen LogP) is 6.42. The molecule has 1 atom stereocenters. The number of hydrogen-bond acceptors (Lipinski definition) is 5. The van der Waals surface area contributed by atoms with E-state index in [1.807, 2.05) is 59.7 Å². The Bertz CT molecular complexity index is 1300. The third kappa shape index (κ3) is 4.99. The zero-order chi connectivity index (χ0) is 23.5. The average molecular weight is 473 g/mol. The van der Waals surface area contributed by atoms with Crippen molar-refractivity contribution in [2.75, 3.05) is 18.4 Å². The van der Waals surface area contributed by atoms with Gasteiger partial charge in [-0.2, -0.15) is 0 Å². The maximum Gasteiger partial charge on any atom is 0.253 e. The summed E-state index contributed by atoms with van der Waals surface area (Å²) in [5.41, 5.74) is 5.14. The van der Waals surface area contributed by atoms with Gasteiger partial charge in [0.1, 0.15) is 5.82 Å². The van der Waals surface area contributed by atoms with E-state index in [9.17, 15) is 9.18 Å². The van der Waals surface area contributed by atoms with Gasteiger partial charge in [0.05, 0.1) is 11.4 Å². The van der Waals surface area contributed by atoms with Gasteiger partial charge in [-0.25, -0.2) is 9.37 Å². The van der Waals surface area contributed by atoms with Gasteiger partial charge < -0.3 is 10.2 Å². The second-order valence-corrected chi connectivity index (χ2v) is 9.40. The van der Waals surface area contributed by atoms with Crippen LogP contribution in [0.2, 0.25) is 0 Å². The fourth-order valence-corrected chi connectivity index (χ4v) is 5.02. The van der Waals surface area contributed by atoms with Crippen molar-refractivity contribution in [2.24, 2.45) is 0 Å². The van der Waals surface area contributed by atoms with Crippen LogP contribution in [0.5, 0.6) is 0 Å². The van der Waals surface area contributed by atoms with Gasteiger partial charge in [0.15, 0.2) is 5.13 Å². The minimum absolute atomic E-state index is 0.0263. The first-order valence-electron chi connectivity index (χ1n) is 11.4. The van der Waals surface area contributed by atoms with Crippen LogP contribution in [0.25, 0.3) is 11.3 Å². The van der Waals surface area contributed by atoms with Gasteiger partial charge in [-0.1, -0.05) is 12.1 Å². The smallest absolute Gasteiger partial charge is 0.253 e. The SMILES string of the molecule is Cc1csc(Nc2cccc(C(=O)N3CCCC(c4cccc(-c5ccc(F)cc5)n4)C3)c2)n1. The van der Waals surface area contributed by atoms with Gasteiger partial charge in [0.2, 0.25) is 0 Å². The standard InChI is InChI=1S/C27H25FN4OS/c1-18-17-34-27(29-18)30-23-7-2-5-20(15-23)26(33)32-14-4-6-21(16-32)25-9-3-8-24(31-25)19-10-12-22(28)13-11-19/h2-3,5,7-13,15,17,21H,4,6,14,16H2,1H3,(H,29,30). The van der Waals surface area contributed by atoms with Crippen LogP contribution in [0.4, 0.5) is 15.2 Å². The fraction of sp³-hybridized carbons (Fsp3) is 0.222. The maximum absolute atomic E-state index is 13.3. The molecule has 0 aliphatic carbocycles. The van der Waals surface area contributed by atoms with E-state index in [-0.39, 0.29) is 17.6 Å². The molecular formula is C27H25FN4OS. The molecule has 5 rings (SSSR count). The van der Waals surface area contributed by atoms with Crippen molar-refractivity contribution in [1.29, 1.82) is 0 Å². The number of hydrogen-bond donors (Lipinski definition) is 1. The molecule has 7 heteroatoms. The highest BCUT2D eigenvalue weighted by molar-refractivity contribution is 7.13. The zero-order valence-corrected chi connectivity index (χ0v) is 19.7. The summed E-state index contributed by atoms with van der Waals surface area (Å²) >= 11 is 1.54. The lowest BCUT2D eigenvalue weighted by molar-refractivity contribution is 0.0706. The number of thiazole rings is 1. The number of nitrogens with zero attached hydrogens (tertiary/aromatic N) is 3. The topological polar surface area (TPSA) is 58.1 Å². The number of aryl methyl sites for hydroxylation is 1. The molecule has 1 saturated heterocycles. The molecule has 172 valence electrons. The lowest BCUT2D eigenvalue weighted by Gasteiger charge is -2.32. The summed E-state index contributed by atoms with van der Waals surface area (Å²) < 4.78 is 13.3. The van der Waals surface area contributed by atoms with Gasteiger partial charge in [-0.15, -0.1) is 11.3 Å². The van der Waals surface area contributed by atoms with Crippen molar-refractivity contribution in [3.8, 4) is 11.3 Å². The van der Waals surface area contributed by atoms with Crippen molar-refractivity contribution < 1.29 is 9.18 Å². The van der Waals surface area contributed by atoms with Gasteiger partial charge in [0, 0.05) is 46.9 Å². The lowest BCUT2D eigenvalue weighted by atomic mass is 9.93. The Kier molecular flexibility index (Phi) is 6.36. The zero-order valence-electron chi connectivity index (χ0n) is 18.9. The summed E-state index contributed by atoms with van der Waals surface area (Å²) in [6.45, 7) is 3.32. The molecule has 2 aromatic carbocycles. The van der Waals surface area contributed by atoms with Crippen LogP contribution in [0.1, 0.15) is 40.5 Å². The van der Waals surface area contributed by atoms with E-state index in [2.05, 4.69) is 10.3 Å². The van der Waals surface area contributed by atoms with Crippen molar-refractivity contribution in [2.45, 2.75) is 25.7 Å². The number of anilines is 2. The van der Waals surface area contributed by atoms with Crippen molar-refractivity contribution >= 4 is 28.1 Å². The second-order valence-electron chi connectivity index (χ2n) is 8.54. The highest BCUT2D eigenvalue weighted by Crippen LogP contribution is 2.29. The van der Waals surface area contributed by atoms with E-state index in [1.165, 1.54) is 12.1 Å². The highest BCUT2D eigenvalue weighted by Gasteiger charge is 2.26. The number of benzene rings is 2. The molecule has 1 unspecified atom stereocenters. The molecular weight excluding hydrogens is 447 g/mol. The van der Waals surface area contributed by atoms with E-state index in [0.29, 0.717) is 12.1 Å². The third-order valence-electron chi connectivity index (χ3n) is 6.02. The number of nitrogens with one attached hydrogen (secondary N) is 1. The lowest BCUT2D eigenvalue weighted by Crippen LogP contribution is -2.39. The van der Waals surface area contributed by atoms with E-state index in [1.54, 1.807) is 23.5 Å². The van der Waals surface area contributed by atoms with Crippen LogP contribution in [-0.2, 0) is 0 Å². The summed E-state index contributed by atoms with van der Waals surface area (Å²) in [4.78, 5) is 24.5. The van der Waals surface area contributed by atoms with Gasteiger partial charge in [-0.05, 0) is 74.4 Å². The molecule has 34 heavy (non-hydrogen) atoms. The molecule has 0 bridgehead atoms. The second kappa shape index (κ2) is 9.73. The third-order valence-corrected chi connectivity index (χ3v) is 6.89. The first-order valence-corrected chi connectivity index (χ1v) is 12.2. The predicted molar refractivity (Wildman–Crippen MR) is 134 cm³/mol. The van der Waals surface area contributed by atoms with E-state index < -0.39 is 0 Å². The minimum Gasteiger partial charge on any atom is -0.338 e. The van der Waals surface area contributed by atoms with Crippen molar-refractivity contribution in [3.63, 3.8) is 0 Å². The number of likely N-dealkylation sites (tertiary alicyclic amines) is 1. The number of rotatable bonds is 5. The van der Waals surface area contributed by atoms with Crippen LogP contribution in [-0.4, -0.2) is 33.9 Å². The molecule has 4 aromatic rings. The monoisotopic (exact) mass is 472 g/mol. The Morgan fingerprint density at radius 3 is 2.71 bits per heavy atom. The first-order chi connectivity index (χ1) is 16.5. The number of halogens is 1. The average Bonchev–Trinajstić information content (AvgIpc) is 3.28. The molecule has 2 aromatic heterocycles. The number of amides is 1. The molecule has 0 saturated carbocycles. The molecule has 5 nitrogen and oxygen atoms in total. The number of carbonyl (C=O) groups excluding carboxylic acids is 1. The Balaban J connectivity index is 1.31. The normalized spacial score (nSPS) is 15.8. The van der Waals surface area contributed by atoms with Crippen molar-refractivity contribution in [1.82, 2.24) is 14.9 Å². The quantitative estimate of drug-likeness (QED) is 0.364. The van der Waals surface area contributed by atoms with E-state index in [4.69, 9.17) is 4.98 Å². The molecule has 1 aliphatic rings. The molecule has 3 heterocycles. The Morgan fingerprint density at radius 2 is 1.91 bits per heavy atom. The summed E-state index contributed by atoms with van der Waals surface area (Å²) in [7, 11) is 0. The van der Waals surface area contributed by atoms with Crippen LogP contribution >= 0.6 is 11.3 Å². The number of carbonyl (C=O) groups is 1. The van der Waals surface area contributed by atoms with E-state index in [0.717, 1.165) is 52.9 Å². The molecule has 1 N–H and O–H groups in total. The summed E-state index contributed by atoms with van der Waals surface area (Å²) in [5.74, 6) is -0.0709. The van der Waals surface area contributed by atoms with Crippen molar-refractivity contribution in [3.05, 3.63) is 94.9 Å². The number of piperidine rings is 1. The number of aromatic nitrogens is 2. The molecule has 1 amide bonds. The fourth-order valence-electron chi connectivity index (χ4n) is 4.31. The summed E-state index contributed by atoms with van der Waals surface area (Å²) in [6.07, 6.45) is 1.91. The Hall–Kier alpha value is -3.58. The van der Waals surface area contributed by atoms with Gasteiger partial charge in [-0.3, -0.25) is 9.78 Å². The van der Waals surface area contributed by atoms with Crippen LogP contribution in [0.3, 0.4) is 0 Å². The number of pyridine rings is 1. The Morgan fingerprint density at radius 1 is 1.09 bits per heavy atom. The largest absolute Gasteiger partial charge is 0.338 e. The first kappa shape index (κ1) is 22.2. The maximum atomic E-state index is 13.3. The molecule has 1 fully saturated rings. The van der Waals surface area contributed by atoms with Crippen LogP contribution in [0, 0.1) is 12.7 Å².